The van der Waals surface area contributed by atoms with Gasteiger partial charge in [0.15, 0.2) is 11.0 Å². The molecule has 10 heteroatoms. The maximum atomic E-state index is 15.1. The molecule has 0 unspecified atom stereocenters. The molecule has 0 spiro atoms. The predicted molar refractivity (Wildman–Crippen MR) is 126 cm³/mol. The molecule has 0 saturated heterocycles. The summed E-state index contributed by atoms with van der Waals surface area (Å²) in [7, 11) is 0. The third kappa shape index (κ3) is 3.96. The molecule has 0 amide bonds. The van der Waals surface area contributed by atoms with Gasteiger partial charge in [0.05, 0.1) is 10.9 Å². The molecule has 35 heavy (non-hydrogen) atoms. The summed E-state index contributed by atoms with van der Waals surface area (Å²) in [5.41, 5.74) is 5.99. The van der Waals surface area contributed by atoms with Gasteiger partial charge in [0.1, 0.15) is 48.0 Å². The molecule has 178 valence electrons. The Balaban J connectivity index is 1.44. The molecule has 1 aliphatic carbocycles. The number of ketones is 1. The number of aliphatic imine (C=N–C) groups is 1. The van der Waals surface area contributed by atoms with Crippen LogP contribution in [0, 0.1) is 24.1 Å². The first-order valence-corrected chi connectivity index (χ1v) is 11.6. The number of hydrogen-bond donors (Lipinski definition) is 1. The van der Waals surface area contributed by atoms with Crippen molar-refractivity contribution in [3.8, 4) is 18.1 Å². The summed E-state index contributed by atoms with van der Waals surface area (Å²) < 4.78 is 39.5. The Morgan fingerprint density at radius 2 is 2.20 bits per heavy atom. The summed E-state index contributed by atoms with van der Waals surface area (Å²) in [5.74, 6) is 1.52. The summed E-state index contributed by atoms with van der Waals surface area (Å²) in [6, 6.07) is 9.05. The molecule has 1 saturated carbocycles. The van der Waals surface area contributed by atoms with Crippen molar-refractivity contribution in [3.63, 3.8) is 0 Å². The van der Waals surface area contributed by atoms with Crippen molar-refractivity contribution < 1.29 is 22.8 Å². The average Bonchev–Trinajstić information content (AvgIpc) is 3.34. The van der Waals surface area contributed by atoms with E-state index in [0.29, 0.717) is 23.4 Å². The molecular weight excluding hydrogens is 474 g/mol. The number of amidine groups is 1. The zero-order chi connectivity index (χ0) is 24.6. The van der Waals surface area contributed by atoms with E-state index in [9.17, 15) is 9.18 Å². The standard InChI is InChI=1S/C25H20F2N4O3S/c1-2-8-33-16-4-6-19(29-13-16)20(32)11-15-3-5-18(27)17(10-15)24(14-26)21-12-25(21,35-23(28)30-24)22-7-9-34-31-22/h1,3-7,9-10,13,21H,8,11-12,14H2,(H2,28,30)/t21-,24+,25-/m0/s1. The lowest BCUT2D eigenvalue weighted by Crippen LogP contribution is -2.39. The van der Waals surface area contributed by atoms with Crippen molar-refractivity contribution in [2.45, 2.75) is 23.1 Å². The van der Waals surface area contributed by atoms with E-state index in [2.05, 4.69) is 21.1 Å². The highest BCUT2D eigenvalue weighted by Crippen LogP contribution is 2.71. The summed E-state index contributed by atoms with van der Waals surface area (Å²) >= 11 is 1.29. The van der Waals surface area contributed by atoms with E-state index in [1.807, 2.05) is 0 Å². The van der Waals surface area contributed by atoms with E-state index in [0.717, 1.165) is 0 Å². The van der Waals surface area contributed by atoms with Crippen LogP contribution in [0.1, 0.15) is 33.7 Å². The number of carbonyl (C=O) groups is 1. The number of rotatable bonds is 8. The first-order chi connectivity index (χ1) is 16.9. The van der Waals surface area contributed by atoms with Gasteiger partial charge in [-0.05, 0) is 36.2 Å². The monoisotopic (exact) mass is 494 g/mol. The highest BCUT2D eigenvalue weighted by atomic mass is 32.2. The van der Waals surface area contributed by atoms with Gasteiger partial charge in [-0.15, -0.1) is 6.42 Å². The van der Waals surface area contributed by atoms with Crippen LogP contribution >= 0.6 is 11.8 Å². The minimum atomic E-state index is -1.52. The molecule has 3 heterocycles. The molecular formula is C25H20F2N4O3S. The highest BCUT2D eigenvalue weighted by Gasteiger charge is 2.70. The third-order valence-electron chi connectivity index (χ3n) is 6.36. The van der Waals surface area contributed by atoms with Crippen LogP contribution in [0.25, 0.3) is 0 Å². The number of thioether (sulfide) groups is 1. The maximum absolute atomic E-state index is 15.1. The van der Waals surface area contributed by atoms with Crippen LogP contribution in [0.3, 0.4) is 0 Å². The average molecular weight is 495 g/mol. The Morgan fingerprint density at radius 1 is 1.34 bits per heavy atom. The Bertz CT molecular complexity index is 1340. The van der Waals surface area contributed by atoms with Crippen molar-refractivity contribution in [3.05, 3.63) is 77.2 Å². The van der Waals surface area contributed by atoms with Gasteiger partial charge in [-0.25, -0.2) is 18.8 Å². The van der Waals surface area contributed by atoms with Crippen molar-refractivity contribution in [2.24, 2.45) is 16.6 Å². The van der Waals surface area contributed by atoms with Gasteiger partial charge in [-0.1, -0.05) is 28.9 Å². The summed E-state index contributed by atoms with van der Waals surface area (Å²) in [4.78, 5) is 21.4. The normalized spacial score (nSPS) is 24.7. The van der Waals surface area contributed by atoms with Crippen LogP contribution in [0.2, 0.25) is 0 Å². The zero-order valence-electron chi connectivity index (χ0n) is 18.4. The predicted octanol–water partition coefficient (Wildman–Crippen LogP) is 3.79. The highest BCUT2D eigenvalue weighted by molar-refractivity contribution is 8.14. The van der Waals surface area contributed by atoms with Crippen LogP contribution < -0.4 is 10.5 Å². The second-order valence-corrected chi connectivity index (χ2v) is 9.78. The number of nitrogens with two attached hydrogens (primary N) is 1. The molecule has 1 fully saturated rings. The van der Waals surface area contributed by atoms with Crippen LogP contribution in [0.5, 0.6) is 5.75 Å². The van der Waals surface area contributed by atoms with Gasteiger partial charge in [-0.2, -0.15) is 0 Å². The topological polar surface area (TPSA) is 104 Å². The molecule has 7 nitrogen and oxygen atoms in total. The van der Waals surface area contributed by atoms with Gasteiger partial charge in [0, 0.05) is 24.0 Å². The number of carbonyl (C=O) groups excluding carboxylic acids is 1. The number of Topliss-reactive ketones (excluding diaryl/α,β-unsaturated/α-hetero) is 1. The number of hydrogen-bond acceptors (Lipinski definition) is 8. The summed E-state index contributed by atoms with van der Waals surface area (Å²) in [6.45, 7) is -0.860. The number of aromatic nitrogens is 2. The molecule has 3 atom stereocenters. The molecule has 2 aromatic heterocycles. The van der Waals surface area contributed by atoms with E-state index in [1.165, 1.54) is 48.5 Å². The number of benzene rings is 1. The molecule has 5 rings (SSSR count). The van der Waals surface area contributed by atoms with Gasteiger partial charge in [0.25, 0.3) is 0 Å². The van der Waals surface area contributed by atoms with Crippen molar-refractivity contribution in [2.75, 3.05) is 13.3 Å². The number of ether oxygens (including phenoxy) is 1. The smallest absolute Gasteiger partial charge is 0.185 e. The zero-order valence-corrected chi connectivity index (χ0v) is 19.2. The molecule has 2 aliphatic rings. The molecule has 0 bridgehead atoms. The SMILES string of the molecule is C#CCOc1ccc(C(=O)Cc2ccc(F)c([C@@]3(CF)N=C(N)S[C@@]4(c5ccon5)C[C@@H]34)c2)nc1. The Kier molecular flexibility index (Phi) is 5.81. The number of halogens is 2. The fourth-order valence-electron chi connectivity index (χ4n) is 4.65. The van der Waals surface area contributed by atoms with E-state index in [-0.39, 0.29) is 41.2 Å². The lowest BCUT2D eigenvalue weighted by atomic mass is 9.83. The van der Waals surface area contributed by atoms with E-state index >= 15 is 4.39 Å². The van der Waals surface area contributed by atoms with Gasteiger partial charge in [0.2, 0.25) is 0 Å². The lowest BCUT2D eigenvalue weighted by molar-refractivity contribution is 0.0988. The van der Waals surface area contributed by atoms with Crippen molar-refractivity contribution in [1.29, 1.82) is 0 Å². The Morgan fingerprint density at radius 3 is 2.89 bits per heavy atom. The first kappa shape index (κ1) is 23.1. The third-order valence-corrected chi connectivity index (χ3v) is 7.69. The Hall–Kier alpha value is -3.71. The van der Waals surface area contributed by atoms with E-state index in [4.69, 9.17) is 21.4 Å². The van der Waals surface area contributed by atoms with Crippen molar-refractivity contribution in [1.82, 2.24) is 10.1 Å². The van der Waals surface area contributed by atoms with Gasteiger partial charge >= 0.3 is 0 Å². The minimum absolute atomic E-state index is 0.0553. The second-order valence-electron chi connectivity index (χ2n) is 8.43. The molecule has 3 aromatic rings. The number of pyridine rings is 1. The van der Waals surface area contributed by atoms with E-state index < -0.39 is 22.8 Å². The van der Waals surface area contributed by atoms with Crippen molar-refractivity contribution >= 4 is 22.7 Å². The van der Waals surface area contributed by atoms with Crippen LogP contribution in [0.15, 0.2) is 58.4 Å². The van der Waals surface area contributed by atoms with Crippen LogP contribution in [-0.4, -0.2) is 34.4 Å². The van der Waals surface area contributed by atoms with Gasteiger partial charge in [-0.3, -0.25) is 4.79 Å². The number of fused-ring (bicyclic) bond motifs is 1. The number of alkyl halides is 1. The molecule has 1 aliphatic heterocycles. The van der Waals surface area contributed by atoms with E-state index in [1.54, 1.807) is 12.1 Å². The Labute approximate surface area is 204 Å². The molecule has 2 N–H and O–H groups in total. The maximum Gasteiger partial charge on any atom is 0.185 e. The first-order valence-electron chi connectivity index (χ1n) is 10.8. The summed E-state index contributed by atoms with van der Waals surface area (Å²) in [6.07, 6.45) is 8.47. The fraction of sp³-hybridized carbons (Fsp3) is 0.280. The van der Waals surface area contributed by atoms with Crippen LogP contribution in [0.4, 0.5) is 8.78 Å². The molecule has 1 aromatic carbocycles. The lowest BCUT2D eigenvalue weighted by Gasteiger charge is -2.34. The second kappa shape index (κ2) is 8.82. The minimum Gasteiger partial charge on any atom is -0.479 e. The van der Waals surface area contributed by atoms with Crippen LogP contribution in [-0.2, 0) is 16.7 Å². The van der Waals surface area contributed by atoms with Gasteiger partial charge < -0.3 is 15.0 Å². The number of terminal acetylenes is 1. The number of nitrogens with zero attached hydrogens (tertiary/aromatic N) is 3. The largest absolute Gasteiger partial charge is 0.479 e. The molecule has 0 radical (unpaired) electrons. The fourth-order valence-corrected chi connectivity index (χ4v) is 6.03. The summed E-state index contributed by atoms with van der Waals surface area (Å²) in [5, 5.41) is 4.17. The quantitative estimate of drug-likeness (QED) is 0.375.